The molecule has 0 aliphatic rings. The molecule has 1 amide bonds. The largest absolute Gasteiger partial charge is 0.491 e. The van der Waals surface area contributed by atoms with Crippen molar-refractivity contribution in [2.45, 2.75) is 12.8 Å². The molecule has 0 aromatic heterocycles. The summed E-state index contributed by atoms with van der Waals surface area (Å²) in [6, 6.07) is 11.8. The molecule has 0 heterocycles. The number of nitrogens with one attached hydrogen (secondary N) is 1. The molecule has 0 aliphatic carbocycles. The van der Waals surface area contributed by atoms with Crippen molar-refractivity contribution in [1.82, 2.24) is 5.32 Å². The molecule has 5 heteroatoms. The second-order valence-corrected chi connectivity index (χ2v) is 4.65. The van der Waals surface area contributed by atoms with Gasteiger partial charge in [-0.25, -0.2) is 4.89 Å². The molecular formula is C16H19NO4. The first kappa shape index (κ1) is 15.3. The summed E-state index contributed by atoms with van der Waals surface area (Å²) in [5.74, 6) is 0.763. The minimum Gasteiger partial charge on any atom is -0.491 e. The predicted molar refractivity (Wildman–Crippen MR) is 80.4 cm³/mol. The van der Waals surface area contributed by atoms with Gasteiger partial charge in [-0.2, -0.15) is 0 Å². The highest BCUT2D eigenvalue weighted by Gasteiger charge is 2.05. The van der Waals surface area contributed by atoms with Crippen molar-refractivity contribution in [1.29, 1.82) is 0 Å². The van der Waals surface area contributed by atoms with Crippen LogP contribution in [0.5, 0.6) is 5.75 Å². The van der Waals surface area contributed by atoms with Gasteiger partial charge in [0.05, 0.1) is 0 Å². The zero-order chi connectivity index (χ0) is 15.1. The van der Waals surface area contributed by atoms with Gasteiger partial charge in [0.15, 0.2) is 0 Å². The van der Waals surface area contributed by atoms with E-state index in [1.54, 1.807) is 7.05 Å². The molecule has 2 aromatic rings. The summed E-state index contributed by atoms with van der Waals surface area (Å²) in [5.41, 5.74) is 1.14. The summed E-state index contributed by atoms with van der Waals surface area (Å²) in [7, 11) is 1.64. The average Bonchev–Trinajstić information content (AvgIpc) is 2.52. The van der Waals surface area contributed by atoms with Gasteiger partial charge in [-0.1, -0.05) is 24.3 Å². The van der Waals surface area contributed by atoms with Crippen LogP contribution < -0.4 is 10.1 Å². The quantitative estimate of drug-likeness (QED) is 0.466. The van der Waals surface area contributed by atoms with Crippen LogP contribution in [0.3, 0.4) is 0 Å². The number of benzene rings is 2. The molecule has 0 atom stereocenters. The van der Waals surface area contributed by atoms with Crippen LogP contribution in [0.4, 0.5) is 0 Å². The van der Waals surface area contributed by atoms with Crippen molar-refractivity contribution in [2.24, 2.45) is 0 Å². The SMILES string of the molecule is CNC(=O)CCc1cccc2cc(OCCOO)ccc12. The van der Waals surface area contributed by atoms with Crippen molar-refractivity contribution < 1.29 is 19.7 Å². The lowest BCUT2D eigenvalue weighted by atomic mass is 10.0. The van der Waals surface area contributed by atoms with Gasteiger partial charge in [0, 0.05) is 13.5 Å². The topological polar surface area (TPSA) is 67.8 Å². The Kier molecular flexibility index (Phi) is 5.54. The summed E-state index contributed by atoms with van der Waals surface area (Å²) in [6.07, 6.45) is 1.18. The van der Waals surface area contributed by atoms with Crippen LogP contribution in [-0.2, 0) is 16.1 Å². The van der Waals surface area contributed by atoms with E-state index in [1.165, 1.54) is 0 Å². The summed E-state index contributed by atoms with van der Waals surface area (Å²) in [6.45, 7) is 0.419. The summed E-state index contributed by atoms with van der Waals surface area (Å²) in [4.78, 5) is 15.3. The van der Waals surface area contributed by atoms with E-state index in [2.05, 4.69) is 10.2 Å². The van der Waals surface area contributed by atoms with Gasteiger partial charge in [-0.15, -0.1) is 0 Å². The fourth-order valence-corrected chi connectivity index (χ4v) is 2.21. The molecule has 0 aliphatic heterocycles. The molecule has 112 valence electrons. The molecule has 2 N–H and O–H groups in total. The molecule has 2 rings (SSSR count). The molecule has 0 saturated carbocycles. The van der Waals surface area contributed by atoms with E-state index in [-0.39, 0.29) is 12.5 Å². The second-order valence-electron chi connectivity index (χ2n) is 4.65. The van der Waals surface area contributed by atoms with Crippen molar-refractivity contribution in [3.05, 3.63) is 42.0 Å². The highest BCUT2D eigenvalue weighted by atomic mass is 17.1. The molecule has 0 spiro atoms. The maximum atomic E-state index is 11.4. The van der Waals surface area contributed by atoms with E-state index >= 15 is 0 Å². The molecule has 0 unspecified atom stereocenters. The smallest absolute Gasteiger partial charge is 0.220 e. The third kappa shape index (κ3) is 4.18. The summed E-state index contributed by atoms with van der Waals surface area (Å²) < 4.78 is 5.46. The number of ether oxygens (including phenoxy) is 1. The second kappa shape index (κ2) is 7.61. The van der Waals surface area contributed by atoms with Crippen LogP contribution in [-0.4, -0.2) is 31.4 Å². The lowest BCUT2D eigenvalue weighted by Crippen LogP contribution is -2.17. The Morgan fingerprint density at radius 3 is 2.86 bits per heavy atom. The first-order valence-electron chi connectivity index (χ1n) is 6.86. The van der Waals surface area contributed by atoms with E-state index in [0.717, 1.165) is 22.1 Å². The maximum Gasteiger partial charge on any atom is 0.220 e. The minimum atomic E-state index is 0.0379. The van der Waals surface area contributed by atoms with E-state index < -0.39 is 0 Å². The number of hydrogen-bond donors (Lipinski definition) is 2. The lowest BCUT2D eigenvalue weighted by Gasteiger charge is -2.09. The standard InChI is InChI=1S/C16H19NO4/c1-17-16(18)8-5-12-3-2-4-13-11-14(6-7-15(12)13)20-9-10-21-19/h2-4,6-7,11,19H,5,8-10H2,1H3,(H,17,18). The predicted octanol–water partition coefficient (Wildman–Crippen LogP) is 2.39. The Morgan fingerprint density at radius 1 is 1.24 bits per heavy atom. The van der Waals surface area contributed by atoms with Gasteiger partial charge < -0.3 is 10.1 Å². The number of fused-ring (bicyclic) bond motifs is 1. The normalized spacial score (nSPS) is 10.6. The highest BCUT2D eigenvalue weighted by molar-refractivity contribution is 5.87. The number of hydrogen-bond acceptors (Lipinski definition) is 4. The minimum absolute atomic E-state index is 0.0379. The van der Waals surface area contributed by atoms with Crippen LogP contribution in [0.25, 0.3) is 10.8 Å². The molecular weight excluding hydrogens is 270 g/mol. The van der Waals surface area contributed by atoms with Crippen molar-refractivity contribution in [2.75, 3.05) is 20.3 Å². The highest BCUT2D eigenvalue weighted by Crippen LogP contribution is 2.24. The van der Waals surface area contributed by atoms with E-state index in [9.17, 15) is 4.79 Å². The van der Waals surface area contributed by atoms with Gasteiger partial charge in [0.25, 0.3) is 0 Å². The van der Waals surface area contributed by atoms with Crippen LogP contribution in [0, 0.1) is 0 Å². The Morgan fingerprint density at radius 2 is 2.10 bits per heavy atom. The molecule has 2 aromatic carbocycles. The third-order valence-electron chi connectivity index (χ3n) is 3.29. The Balaban J connectivity index is 2.15. The lowest BCUT2D eigenvalue weighted by molar-refractivity contribution is -0.245. The number of carbonyl (C=O) groups excluding carboxylic acids is 1. The van der Waals surface area contributed by atoms with E-state index in [1.807, 2.05) is 36.4 Å². The Hall–Kier alpha value is -2.11. The maximum absolute atomic E-state index is 11.4. The molecule has 0 radical (unpaired) electrons. The van der Waals surface area contributed by atoms with Gasteiger partial charge in [0.1, 0.15) is 19.0 Å². The molecule has 0 fully saturated rings. The number of rotatable bonds is 7. The van der Waals surface area contributed by atoms with Gasteiger partial charge in [0.2, 0.25) is 5.91 Å². The number of carbonyl (C=O) groups is 1. The molecule has 0 saturated heterocycles. The zero-order valence-electron chi connectivity index (χ0n) is 12.0. The summed E-state index contributed by atoms with van der Waals surface area (Å²) in [5, 5.41) is 13.1. The van der Waals surface area contributed by atoms with Gasteiger partial charge >= 0.3 is 0 Å². The van der Waals surface area contributed by atoms with Crippen molar-refractivity contribution in [3.63, 3.8) is 0 Å². The van der Waals surface area contributed by atoms with Crippen LogP contribution >= 0.6 is 0 Å². The van der Waals surface area contributed by atoms with Crippen LogP contribution in [0.15, 0.2) is 36.4 Å². The number of amides is 1. The van der Waals surface area contributed by atoms with Crippen molar-refractivity contribution >= 4 is 16.7 Å². The zero-order valence-corrected chi connectivity index (χ0v) is 12.0. The first-order chi connectivity index (χ1) is 10.2. The average molecular weight is 289 g/mol. The van der Waals surface area contributed by atoms with Gasteiger partial charge in [-0.3, -0.25) is 10.1 Å². The summed E-state index contributed by atoms with van der Waals surface area (Å²) >= 11 is 0. The Bertz CT molecular complexity index is 612. The van der Waals surface area contributed by atoms with Crippen LogP contribution in [0.1, 0.15) is 12.0 Å². The fourth-order valence-electron chi connectivity index (χ4n) is 2.21. The molecule has 5 nitrogen and oxygen atoms in total. The third-order valence-corrected chi connectivity index (χ3v) is 3.29. The monoisotopic (exact) mass is 289 g/mol. The van der Waals surface area contributed by atoms with Crippen molar-refractivity contribution in [3.8, 4) is 5.75 Å². The van der Waals surface area contributed by atoms with E-state index in [0.29, 0.717) is 19.4 Å². The van der Waals surface area contributed by atoms with E-state index in [4.69, 9.17) is 9.99 Å². The van der Waals surface area contributed by atoms with Gasteiger partial charge in [-0.05, 0) is 34.9 Å². The first-order valence-corrected chi connectivity index (χ1v) is 6.86. The fraction of sp³-hybridized carbons (Fsp3) is 0.312. The number of aryl methyl sites for hydroxylation is 1. The molecule has 0 bridgehead atoms. The van der Waals surface area contributed by atoms with Crippen LogP contribution in [0.2, 0.25) is 0 Å². The Labute approximate surface area is 123 Å². The molecule has 21 heavy (non-hydrogen) atoms.